The van der Waals surface area contributed by atoms with Gasteiger partial charge in [0.05, 0.1) is 26.0 Å². The van der Waals surface area contributed by atoms with Crippen LogP contribution in [0.25, 0.3) is 0 Å². The third kappa shape index (κ3) is 6.61. The Morgan fingerprint density at radius 2 is 1.70 bits per heavy atom. The monoisotopic (exact) mass is 427 g/mol. The summed E-state index contributed by atoms with van der Waals surface area (Å²) in [7, 11) is 0. The molecule has 0 fully saturated rings. The van der Waals surface area contributed by atoms with Gasteiger partial charge in [0, 0.05) is 11.4 Å². The standard InChI is InChI=1S/C25H33NO3S/c1-25(2,3)30(27)26(18-21-12-6-4-7-13-21)23(24-16-10-11-17-29-24)20-28-19-22-14-8-5-9-15-22/h4-9,11-15,17,23-24H,10,16,18-20H2,1-3H3/t23-,24-,30-/m0/s1. The van der Waals surface area contributed by atoms with E-state index < -0.39 is 11.4 Å². The number of allylic oxidation sites excluding steroid dienone is 1. The van der Waals surface area contributed by atoms with Gasteiger partial charge in [0.1, 0.15) is 16.9 Å². The fourth-order valence-electron chi connectivity index (χ4n) is 3.50. The van der Waals surface area contributed by atoms with Crippen LogP contribution < -0.4 is 0 Å². The molecule has 0 spiro atoms. The molecule has 0 aliphatic carbocycles. The average molecular weight is 428 g/mol. The summed E-state index contributed by atoms with van der Waals surface area (Å²) in [5.41, 5.74) is 2.27. The maximum absolute atomic E-state index is 13.6. The van der Waals surface area contributed by atoms with Crippen LogP contribution >= 0.6 is 0 Å². The number of nitrogens with zero attached hydrogens (tertiary/aromatic N) is 1. The van der Waals surface area contributed by atoms with Gasteiger partial charge in [-0.25, -0.2) is 0 Å². The molecule has 2 aromatic rings. The molecule has 1 heterocycles. The highest BCUT2D eigenvalue weighted by Crippen LogP contribution is 2.29. The minimum atomic E-state index is -1.21. The fraction of sp³-hybridized carbons (Fsp3) is 0.440. The van der Waals surface area contributed by atoms with Crippen LogP contribution in [0.5, 0.6) is 0 Å². The first-order valence-corrected chi connectivity index (χ1v) is 11.7. The van der Waals surface area contributed by atoms with Gasteiger partial charge in [0.2, 0.25) is 0 Å². The van der Waals surface area contributed by atoms with Crippen LogP contribution in [0, 0.1) is 0 Å². The van der Waals surface area contributed by atoms with E-state index in [0.717, 1.165) is 24.0 Å². The molecule has 162 valence electrons. The summed E-state index contributed by atoms with van der Waals surface area (Å²) < 4.78 is 27.4. The number of benzene rings is 2. The van der Waals surface area contributed by atoms with Crippen LogP contribution in [-0.4, -0.2) is 32.4 Å². The molecule has 0 N–H and O–H groups in total. The molecule has 1 aliphatic heterocycles. The molecule has 0 aromatic heterocycles. The second-order valence-corrected chi connectivity index (χ2v) is 10.8. The Labute approximate surface area is 184 Å². The normalized spacial score (nSPS) is 18.8. The lowest BCUT2D eigenvalue weighted by molar-refractivity contribution is -0.00431. The highest BCUT2D eigenvalue weighted by Gasteiger charge is 2.42. The van der Waals surface area contributed by atoms with Crippen LogP contribution in [0.4, 0.5) is 0 Å². The lowest BCUT2D eigenvalue weighted by atomic mass is 10.0. The molecule has 0 radical (unpaired) electrons. The van der Waals surface area contributed by atoms with Crippen LogP contribution in [0.1, 0.15) is 44.7 Å². The van der Waals surface area contributed by atoms with E-state index in [-0.39, 0.29) is 16.9 Å². The SMILES string of the molecule is CC(C)(C)[S@+]([O-])N(Cc1ccccc1)[C@@H](COCc1ccccc1)[C@@H]1CCC=CO1. The zero-order chi connectivity index (χ0) is 21.4. The molecule has 5 heteroatoms. The Kier molecular flexibility index (Phi) is 8.40. The first kappa shape index (κ1) is 22.9. The molecule has 2 aromatic carbocycles. The molecule has 3 atom stereocenters. The third-order valence-corrected chi connectivity index (χ3v) is 6.96. The first-order valence-electron chi connectivity index (χ1n) is 10.6. The number of hydrogen-bond acceptors (Lipinski definition) is 4. The Bertz CT molecular complexity index is 776. The maximum Gasteiger partial charge on any atom is 0.137 e. The van der Waals surface area contributed by atoms with Gasteiger partial charge in [-0.2, -0.15) is 0 Å². The third-order valence-electron chi connectivity index (χ3n) is 5.08. The summed E-state index contributed by atoms with van der Waals surface area (Å²) in [4.78, 5) is 0. The van der Waals surface area contributed by atoms with E-state index in [2.05, 4.69) is 28.6 Å². The first-order chi connectivity index (χ1) is 14.4. The number of hydrogen-bond donors (Lipinski definition) is 0. The van der Waals surface area contributed by atoms with E-state index in [0.29, 0.717) is 19.8 Å². The zero-order valence-electron chi connectivity index (χ0n) is 18.2. The topological polar surface area (TPSA) is 44.8 Å². The van der Waals surface area contributed by atoms with E-state index in [4.69, 9.17) is 9.47 Å². The van der Waals surface area contributed by atoms with Gasteiger partial charge in [-0.15, -0.1) is 4.31 Å². The van der Waals surface area contributed by atoms with Gasteiger partial charge in [-0.05, 0) is 50.8 Å². The Hall–Kier alpha value is -1.79. The number of rotatable bonds is 9. The lowest BCUT2D eigenvalue weighted by Gasteiger charge is -2.40. The summed E-state index contributed by atoms with van der Waals surface area (Å²) >= 11 is -1.21. The minimum absolute atomic E-state index is 0.0548. The van der Waals surface area contributed by atoms with Gasteiger partial charge >= 0.3 is 0 Å². The molecule has 0 bridgehead atoms. The molecule has 0 saturated carbocycles. The molecule has 3 rings (SSSR count). The molecule has 0 saturated heterocycles. The van der Waals surface area contributed by atoms with Crippen molar-refractivity contribution in [1.82, 2.24) is 4.31 Å². The fourth-order valence-corrected chi connectivity index (χ4v) is 4.91. The van der Waals surface area contributed by atoms with Gasteiger partial charge in [-0.1, -0.05) is 60.7 Å². The summed E-state index contributed by atoms with van der Waals surface area (Å²) in [5, 5.41) is 0. The molecule has 30 heavy (non-hydrogen) atoms. The van der Waals surface area contributed by atoms with Gasteiger partial charge in [0.15, 0.2) is 0 Å². The second kappa shape index (κ2) is 11.0. The molecule has 1 aliphatic rings. The Balaban J connectivity index is 1.81. The van der Waals surface area contributed by atoms with Crippen molar-refractivity contribution in [3.63, 3.8) is 0 Å². The van der Waals surface area contributed by atoms with Crippen molar-refractivity contribution in [3.8, 4) is 0 Å². The van der Waals surface area contributed by atoms with Crippen LogP contribution in [-0.2, 0) is 34.0 Å². The summed E-state index contributed by atoms with van der Waals surface area (Å²) in [6.45, 7) is 7.64. The zero-order valence-corrected chi connectivity index (χ0v) is 19.0. The smallest absolute Gasteiger partial charge is 0.137 e. The molecule has 0 amide bonds. The molecular weight excluding hydrogens is 394 g/mol. The van der Waals surface area contributed by atoms with Crippen LogP contribution in [0.15, 0.2) is 73.0 Å². The van der Waals surface area contributed by atoms with Crippen LogP contribution in [0.2, 0.25) is 0 Å². The quantitative estimate of drug-likeness (QED) is 0.514. The van der Waals surface area contributed by atoms with E-state index in [1.807, 2.05) is 63.2 Å². The van der Waals surface area contributed by atoms with Crippen molar-refractivity contribution in [1.29, 1.82) is 0 Å². The minimum Gasteiger partial charge on any atom is -0.597 e. The predicted molar refractivity (Wildman–Crippen MR) is 123 cm³/mol. The van der Waals surface area contributed by atoms with E-state index in [1.54, 1.807) is 6.26 Å². The highest BCUT2D eigenvalue weighted by atomic mass is 32.2. The van der Waals surface area contributed by atoms with Crippen molar-refractivity contribution in [2.75, 3.05) is 6.61 Å². The van der Waals surface area contributed by atoms with E-state index >= 15 is 0 Å². The Morgan fingerprint density at radius 1 is 1.07 bits per heavy atom. The summed E-state index contributed by atoms with van der Waals surface area (Å²) in [6, 6.07) is 20.2. The maximum atomic E-state index is 13.6. The predicted octanol–water partition coefficient (Wildman–Crippen LogP) is 5.23. The molecular formula is C25H33NO3S. The largest absolute Gasteiger partial charge is 0.597 e. The van der Waals surface area contributed by atoms with Crippen molar-refractivity contribution >= 4 is 11.4 Å². The van der Waals surface area contributed by atoms with E-state index in [1.165, 1.54) is 0 Å². The number of ether oxygens (including phenoxy) is 2. The van der Waals surface area contributed by atoms with E-state index in [9.17, 15) is 4.55 Å². The molecule has 4 nitrogen and oxygen atoms in total. The van der Waals surface area contributed by atoms with Crippen molar-refractivity contribution in [3.05, 3.63) is 84.1 Å². The van der Waals surface area contributed by atoms with Crippen molar-refractivity contribution < 1.29 is 14.0 Å². The van der Waals surface area contributed by atoms with Gasteiger partial charge in [0.25, 0.3) is 0 Å². The Morgan fingerprint density at radius 3 is 2.27 bits per heavy atom. The summed E-state index contributed by atoms with van der Waals surface area (Å²) in [5.74, 6) is 0. The summed E-state index contributed by atoms with van der Waals surface area (Å²) in [6.07, 6.45) is 5.62. The lowest BCUT2D eigenvalue weighted by Crippen LogP contribution is -2.54. The van der Waals surface area contributed by atoms with Crippen molar-refractivity contribution in [2.45, 2.75) is 63.7 Å². The van der Waals surface area contributed by atoms with Crippen LogP contribution in [0.3, 0.4) is 0 Å². The van der Waals surface area contributed by atoms with Gasteiger partial charge < -0.3 is 14.0 Å². The second-order valence-electron chi connectivity index (χ2n) is 8.61. The van der Waals surface area contributed by atoms with Crippen molar-refractivity contribution in [2.24, 2.45) is 0 Å². The molecule has 0 unspecified atom stereocenters. The highest BCUT2D eigenvalue weighted by molar-refractivity contribution is 7.90. The average Bonchev–Trinajstić information content (AvgIpc) is 2.76. The van der Waals surface area contributed by atoms with Gasteiger partial charge in [-0.3, -0.25) is 0 Å².